The van der Waals surface area contributed by atoms with Gasteiger partial charge in [0.05, 0.1) is 16.9 Å². The Balaban J connectivity index is 1.63. The van der Waals surface area contributed by atoms with Gasteiger partial charge in [0.15, 0.2) is 0 Å². The average Bonchev–Trinajstić information content (AvgIpc) is 2.98. The molecule has 0 radical (unpaired) electrons. The second-order valence-corrected chi connectivity index (χ2v) is 19.3. The van der Waals surface area contributed by atoms with Gasteiger partial charge in [-0.05, 0) is 136 Å². The highest BCUT2D eigenvalue weighted by atomic mass is 16.7. The van der Waals surface area contributed by atoms with Gasteiger partial charge in [-0.25, -0.2) is 0 Å². The molecule has 1 N–H and O–H groups in total. The van der Waals surface area contributed by atoms with Crippen molar-refractivity contribution in [1.29, 1.82) is 0 Å². The van der Waals surface area contributed by atoms with Crippen molar-refractivity contribution in [1.82, 2.24) is 0 Å². The number of allylic oxidation sites excluding steroid dienone is 2. The van der Waals surface area contributed by atoms with Gasteiger partial charge in [0.1, 0.15) is 0 Å². The minimum Gasteiger partial charge on any atom is -0.427 e. The summed E-state index contributed by atoms with van der Waals surface area (Å²) in [6, 6.07) is 0. The van der Waals surface area contributed by atoms with Gasteiger partial charge >= 0.3 is 11.9 Å². The Labute approximate surface area is 281 Å². The number of esters is 2. The second-order valence-electron chi connectivity index (χ2n) is 19.3. The molecule has 0 aliphatic heterocycles. The van der Waals surface area contributed by atoms with E-state index in [0.717, 1.165) is 70.6 Å². The predicted octanol–water partition coefficient (Wildman–Crippen LogP) is 10.0. The Bertz CT molecular complexity index is 1280. The summed E-state index contributed by atoms with van der Waals surface area (Å²) in [6.07, 6.45) is 13.4. The lowest BCUT2D eigenvalue weighted by molar-refractivity contribution is -0.306. The molecule has 0 saturated heterocycles. The van der Waals surface area contributed by atoms with E-state index in [0.29, 0.717) is 11.8 Å². The minimum atomic E-state index is -0.646. The summed E-state index contributed by atoms with van der Waals surface area (Å²) in [5.41, 5.74) is -0.0543. The molecule has 0 spiro atoms. The van der Waals surface area contributed by atoms with Crippen LogP contribution in [-0.2, 0) is 19.1 Å². The standard InChI is InChI=1S/C41H68O5/c1-14-40-25-23-36(11)35(10)22-24-39(32(44)46-26-45-31(43)33(5,6)7)20-16-27(3)28(4)38(39,13)29(35)17-21-41(36,15-2)37(40,12)19-18-30(42)34(40,8)9/h17,27-28,30,42H,14-16,18-26H2,1-13H3/t27-,28+,30+,35-,36+,37+,38+,39-,40+,41+/m1/s1. The SMILES string of the molecule is CC[C@@]12CC[C@]3(C)[C@](CC)(CC=C4[C@@]3(C)CC[C@@]3(C(=O)OCOC(=O)C(C)(C)C)CC[C@@H](C)[C@H](C)[C@@]43C)[C@@]1(C)CC[C@H](O)C2(C)C. The van der Waals surface area contributed by atoms with Gasteiger partial charge in [-0.15, -0.1) is 0 Å². The molecule has 0 unspecified atom stereocenters. The zero-order valence-electron chi connectivity index (χ0n) is 31.9. The third kappa shape index (κ3) is 3.96. The topological polar surface area (TPSA) is 72.8 Å². The molecule has 0 aromatic rings. The Morgan fingerprint density at radius 2 is 1.46 bits per heavy atom. The second kappa shape index (κ2) is 10.8. The summed E-state index contributed by atoms with van der Waals surface area (Å²) >= 11 is 0. The molecular formula is C41H68O5. The molecule has 0 amide bonds. The number of ether oxygens (including phenoxy) is 2. The molecule has 4 saturated carbocycles. The van der Waals surface area contributed by atoms with Crippen molar-refractivity contribution in [2.45, 2.75) is 167 Å². The summed E-state index contributed by atoms with van der Waals surface area (Å²) in [6.45, 7) is 29.7. The third-order valence-corrected chi connectivity index (χ3v) is 17.7. The van der Waals surface area contributed by atoms with Crippen LogP contribution in [0, 0.1) is 60.6 Å². The van der Waals surface area contributed by atoms with Crippen molar-refractivity contribution < 1.29 is 24.2 Å². The molecule has 5 aliphatic carbocycles. The first-order chi connectivity index (χ1) is 21.1. The maximum absolute atomic E-state index is 14.5. The Hall–Kier alpha value is -1.36. The van der Waals surface area contributed by atoms with Crippen LogP contribution in [-0.4, -0.2) is 29.9 Å². The number of aliphatic hydroxyl groups is 1. The predicted molar refractivity (Wildman–Crippen MR) is 185 cm³/mol. The Morgan fingerprint density at radius 3 is 2.04 bits per heavy atom. The van der Waals surface area contributed by atoms with Crippen LogP contribution in [0.3, 0.4) is 0 Å². The third-order valence-electron chi connectivity index (χ3n) is 17.7. The summed E-state index contributed by atoms with van der Waals surface area (Å²) in [5, 5.41) is 11.5. The maximum Gasteiger partial charge on any atom is 0.315 e. The van der Waals surface area contributed by atoms with Crippen LogP contribution >= 0.6 is 0 Å². The van der Waals surface area contributed by atoms with Crippen LogP contribution in [0.25, 0.3) is 0 Å². The summed E-state index contributed by atoms with van der Waals surface area (Å²) in [7, 11) is 0. The van der Waals surface area contributed by atoms with Gasteiger partial charge in [-0.3, -0.25) is 9.59 Å². The largest absolute Gasteiger partial charge is 0.427 e. The van der Waals surface area contributed by atoms with Gasteiger partial charge in [-0.2, -0.15) is 0 Å². The van der Waals surface area contributed by atoms with Crippen molar-refractivity contribution in [2.75, 3.05) is 6.79 Å². The molecule has 5 heteroatoms. The van der Waals surface area contributed by atoms with Crippen molar-refractivity contribution in [3.05, 3.63) is 11.6 Å². The highest BCUT2D eigenvalue weighted by Gasteiger charge is 2.79. The van der Waals surface area contributed by atoms with E-state index in [9.17, 15) is 14.7 Å². The minimum absolute atomic E-state index is 0.0480. The van der Waals surface area contributed by atoms with E-state index in [2.05, 4.69) is 75.3 Å². The van der Waals surface area contributed by atoms with Gasteiger partial charge < -0.3 is 14.6 Å². The number of carbonyl (C=O) groups is 2. The molecule has 10 atom stereocenters. The van der Waals surface area contributed by atoms with E-state index >= 15 is 0 Å². The fourth-order valence-electron chi connectivity index (χ4n) is 14.1. The molecule has 262 valence electrons. The van der Waals surface area contributed by atoms with E-state index in [4.69, 9.17) is 9.47 Å². The summed E-state index contributed by atoms with van der Waals surface area (Å²) < 4.78 is 11.4. The van der Waals surface area contributed by atoms with Crippen LogP contribution in [0.2, 0.25) is 0 Å². The first kappa shape index (κ1) is 35.9. The molecule has 0 aromatic heterocycles. The zero-order valence-corrected chi connectivity index (χ0v) is 31.9. The number of hydrogen-bond donors (Lipinski definition) is 1. The number of hydrogen-bond acceptors (Lipinski definition) is 5. The highest BCUT2D eigenvalue weighted by molar-refractivity contribution is 5.80. The van der Waals surface area contributed by atoms with Crippen molar-refractivity contribution in [3.8, 4) is 0 Å². The molecular weight excluding hydrogens is 572 g/mol. The summed E-state index contributed by atoms with van der Waals surface area (Å²) in [5.74, 6) is 0.274. The fourth-order valence-corrected chi connectivity index (χ4v) is 14.1. The van der Waals surface area contributed by atoms with Crippen LogP contribution in [0.1, 0.15) is 161 Å². The van der Waals surface area contributed by atoms with Crippen LogP contribution in [0.5, 0.6) is 0 Å². The molecule has 5 rings (SSSR count). The Kier molecular flexibility index (Phi) is 8.45. The van der Waals surface area contributed by atoms with Crippen molar-refractivity contribution >= 4 is 11.9 Å². The van der Waals surface area contributed by atoms with E-state index < -0.39 is 10.8 Å². The average molecular weight is 641 g/mol. The smallest absolute Gasteiger partial charge is 0.315 e. The quantitative estimate of drug-likeness (QED) is 0.184. The monoisotopic (exact) mass is 641 g/mol. The number of fused-ring (bicyclic) bond motifs is 7. The molecule has 5 aliphatic rings. The fraction of sp³-hybridized carbons (Fsp3) is 0.902. The number of carbonyl (C=O) groups excluding carboxylic acids is 2. The van der Waals surface area contributed by atoms with Gasteiger partial charge in [-0.1, -0.05) is 80.9 Å². The molecule has 4 fully saturated rings. The molecule has 0 bridgehead atoms. The zero-order chi connectivity index (χ0) is 34.6. The number of aliphatic hydroxyl groups excluding tert-OH is 1. The molecule has 46 heavy (non-hydrogen) atoms. The lowest BCUT2D eigenvalue weighted by Gasteiger charge is -2.80. The normalized spacial score (nSPS) is 48.1. The van der Waals surface area contributed by atoms with Gasteiger partial charge in [0, 0.05) is 5.41 Å². The first-order valence-electron chi connectivity index (χ1n) is 18.8. The molecule has 0 aromatic carbocycles. The van der Waals surface area contributed by atoms with E-state index in [-0.39, 0.29) is 62.7 Å². The van der Waals surface area contributed by atoms with Gasteiger partial charge in [0.2, 0.25) is 6.79 Å². The lowest BCUT2D eigenvalue weighted by Crippen LogP contribution is -2.74. The van der Waals surface area contributed by atoms with E-state index in [1.54, 1.807) is 0 Å². The summed E-state index contributed by atoms with van der Waals surface area (Å²) in [4.78, 5) is 27.0. The molecule has 5 nitrogen and oxygen atoms in total. The van der Waals surface area contributed by atoms with E-state index in [1.807, 2.05) is 20.8 Å². The van der Waals surface area contributed by atoms with Crippen molar-refractivity contribution in [2.24, 2.45) is 60.6 Å². The number of rotatable bonds is 5. The van der Waals surface area contributed by atoms with Crippen LogP contribution < -0.4 is 0 Å². The molecule has 0 heterocycles. The van der Waals surface area contributed by atoms with Crippen LogP contribution in [0.4, 0.5) is 0 Å². The van der Waals surface area contributed by atoms with Crippen LogP contribution in [0.15, 0.2) is 11.6 Å². The first-order valence-corrected chi connectivity index (χ1v) is 18.8. The lowest BCUT2D eigenvalue weighted by atomic mass is 9.23. The maximum atomic E-state index is 14.5. The highest BCUT2D eigenvalue weighted by Crippen LogP contribution is 2.85. The van der Waals surface area contributed by atoms with Gasteiger partial charge in [0.25, 0.3) is 0 Å². The Morgan fingerprint density at radius 1 is 0.826 bits per heavy atom. The van der Waals surface area contributed by atoms with E-state index in [1.165, 1.54) is 5.57 Å². The van der Waals surface area contributed by atoms with Crippen molar-refractivity contribution in [3.63, 3.8) is 0 Å².